The second-order valence-corrected chi connectivity index (χ2v) is 45.4. The Balaban J connectivity index is 0.000000236. The summed E-state index contributed by atoms with van der Waals surface area (Å²) in [6.45, 7) is 37.7. The first-order chi connectivity index (χ1) is 67.2. The first-order valence-electron chi connectivity index (χ1n) is 55.1. The third kappa shape index (κ3) is 25.2. The fourth-order valence-corrected chi connectivity index (χ4v) is 25.5. The SMILES string of the molecule is CC[C@@H](C)C(=O)NC(C(=O)N1CCC[C@H]1CN(CCCCN(C[C@@H]1CCCN1C(=O)[C@@H](NC(=O)[C@H](C)CC)C1CCCCC1)C1CCc2ccccc21)C1CCc2ccccc21)C1CCCCC1.CC[C@@H](C)C(=O)N[C@H](C(=O)N1CC[C@@]2(C)C[C@@H](OCCO[C@H]3CN(CCc4ccccc4)C(=O)[C@@]4(C)N(C(=O)[C@@H](CC(=O)[C@H](C)NC)C(C)C)CC[C@@]4(C)C3)CN(CCc3ccccc3)C(=O)[C@@]12C)C(C)C. The normalized spacial score (nSPS) is 26.7. The van der Waals surface area contributed by atoms with Gasteiger partial charge in [0.1, 0.15) is 35.0 Å². The molecule has 18 atom stereocenters. The summed E-state index contributed by atoms with van der Waals surface area (Å²) in [6.07, 6.45) is 26.7. The van der Waals surface area contributed by atoms with Crippen LogP contribution in [0.2, 0.25) is 0 Å². The summed E-state index contributed by atoms with van der Waals surface area (Å²) in [5, 5.41) is 12.7. The van der Waals surface area contributed by atoms with Crippen LogP contribution in [0.4, 0.5) is 0 Å². The van der Waals surface area contributed by atoms with E-state index in [1.54, 1.807) is 16.8 Å². The fraction of sp³-hybridized carbons (Fsp3) is 0.707. The second kappa shape index (κ2) is 49.9. The quantitative estimate of drug-likeness (QED) is 0.0300. The maximum absolute atomic E-state index is 15.2. The number of likely N-dealkylation sites (tertiary alicyclic amines) is 6. The van der Waals surface area contributed by atoms with Crippen LogP contribution in [0.25, 0.3) is 0 Å². The van der Waals surface area contributed by atoms with Crippen LogP contribution >= 0.6 is 0 Å². The van der Waals surface area contributed by atoms with E-state index in [9.17, 15) is 38.4 Å². The summed E-state index contributed by atoms with van der Waals surface area (Å²) in [5.74, 6) is -1.32. The van der Waals surface area contributed by atoms with E-state index in [1.165, 1.54) is 35.1 Å². The second-order valence-electron chi connectivity index (χ2n) is 45.4. The van der Waals surface area contributed by atoms with E-state index < -0.39 is 46.0 Å². The van der Waals surface area contributed by atoms with Gasteiger partial charge in [-0.15, -0.1) is 0 Å². The zero-order valence-corrected chi connectivity index (χ0v) is 88.4. The molecule has 4 aliphatic carbocycles. The van der Waals surface area contributed by atoms with Gasteiger partial charge in [0.2, 0.25) is 53.2 Å². The molecular formula is C116H176N12O12. The zero-order chi connectivity index (χ0) is 100. The van der Waals surface area contributed by atoms with Crippen LogP contribution in [0, 0.1) is 58.2 Å². The molecule has 772 valence electrons. The Labute approximate surface area is 839 Å². The van der Waals surface area contributed by atoms with E-state index >= 15 is 9.59 Å². The molecule has 4 aromatic carbocycles. The molecule has 24 heteroatoms. The number of hydrogen-bond acceptors (Lipinski definition) is 15. The molecule has 0 aromatic heterocycles. The predicted molar refractivity (Wildman–Crippen MR) is 553 cm³/mol. The highest BCUT2D eigenvalue weighted by Gasteiger charge is 2.66. The van der Waals surface area contributed by atoms with Gasteiger partial charge in [-0.05, 0) is 246 Å². The number of aryl methyl sites for hydroxylation is 2. The Morgan fingerprint density at radius 2 is 0.843 bits per heavy atom. The number of ketones is 1. The van der Waals surface area contributed by atoms with Crippen molar-refractivity contribution in [2.24, 2.45) is 58.2 Å². The number of nitrogens with one attached hydrogen (secondary N) is 4. The molecule has 0 spiro atoms. The highest BCUT2D eigenvalue weighted by atomic mass is 16.5. The van der Waals surface area contributed by atoms with Crippen LogP contribution in [-0.4, -0.2) is 256 Å². The average Bonchev–Trinajstić information content (AvgIpc) is 1.55. The molecule has 0 radical (unpaired) electrons. The Kier molecular flexibility index (Phi) is 38.8. The molecule has 140 heavy (non-hydrogen) atoms. The summed E-state index contributed by atoms with van der Waals surface area (Å²) in [4.78, 5) is 160. The highest BCUT2D eigenvalue weighted by molar-refractivity contribution is 5.98. The van der Waals surface area contributed by atoms with Crippen molar-refractivity contribution in [1.29, 1.82) is 0 Å². The molecule has 8 fully saturated rings. The van der Waals surface area contributed by atoms with Crippen molar-refractivity contribution < 1.29 is 57.4 Å². The number of unbranched alkanes of at least 4 members (excludes halogenated alkanes) is 1. The first kappa shape index (κ1) is 109. The molecule has 14 rings (SSSR count). The molecule has 0 bridgehead atoms. The summed E-state index contributed by atoms with van der Waals surface area (Å²) in [5.41, 5.74) is 4.43. The third-order valence-corrected chi connectivity index (χ3v) is 35.8. The van der Waals surface area contributed by atoms with Gasteiger partial charge in [0.05, 0.1) is 31.5 Å². The van der Waals surface area contributed by atoms with Crippen molar-refractivity contribution in [2.45, 2.75) is 368 Å². The average molecular weight is 1930 g/mol. The number of hydrogen-bond donors (Lipinski definition) is 4. The largest absolute Gasteiger partial charge is 0.374 e. The third-order valence-electron chi connectivity index (χ3n) is 35.8. The van der Waals surface area contributed by atoms with E-state index in [-0.39, 0.29) is 150 Å². The van der Waals surface area contributed by atoms with Gasteiger partial charge in [-0.25, -0.2) is 0 Å². The first-order valence-corrected chi connectivity index (χ1v) is 55.1. The van der Waals surface area contributed by atoms with Crippen molar-refractivity contribution in [1.82, 2.24) is 60.5 Å². The fourth-order valence-electron chi connectivity index (χ4n) is 25.5. The molecule has 6 heterocycles. The molecule has 10 aliphatic rings. The van der Waals surface area contributed by atoms with Crippen LogP contribution in [0.15, 0.2) is 109 Å². The highest BCUT2D eigenvalue weighted by Crippen LogP contribution is 2.55. The van der Waals surface area contributed by atoms with Crippen molar-refractivity contribution in [3.05, 3.63) is 143 Å². The van der Waals surface area contributed by atoms with Gasteiger partial charge in [-0.1, -0.05) is 231 Å². The van der Waals surface area contributed by atoms with E-state index in [0.717, 1.165) is 179 Å². The molecule has 6 aliphatic heterocycles. The summed E-state index contributed by atoms with van der Waals surface area (Å²) < 4.78 is 13.6. The van der Waals surface area contributed by atoms with E-state index in [2.05, 4.69) is 141 Å². The van der Waals surface area contributed by atoms with E-state index in [1.807, 2.05) is 122 Å². The Bertz CT molecular complexity index is 4480. The smallest absolute Gasteiger partial charge is 0.248 e. The number of Topliss-reactive ketones (excluding diaryl/α,β-unsaturated/α-hetero) is 1. The Morgan fingerprint density at radius 1 is 0.450 bits per heavy atom. The maximum Gasteiger partial charge on any atom is 0.248 e. The van der Waals surface area contributed by atoms with Gasteiger partial charge in [-0.3, -0.25) is 57.7 Å². The van der Waals surface area contributed by atoms with Crippen LogP contribution in [-0.2, 0) is 83.1 Å². The lowest BCUT2D eigenvalue weighted by molar-refractivity contribution is -0.157. The summed E-state index contributed by atoms with van der Waals surface area (Å²) in [7, 11) is 1.74. The molecule has 6 saturated heterocycles. The Morgan fingerprint density at radius 3 is 1.24 bits per heavy atom. The lowest BCUT2D eigenvalue weighted by Gasteiger charge is -2.45. The molecule has 4 N–H and O–H groups in total. The van der Waals surface area contributed by atoms with Gasteiger partial charge >= 0.3 is 0 Å². The van der Waals surface area contributed by atoms with Crippen molar-refractivity contribution in [3.63, 3.8) is 0 Å². The maximum atomic E-state index is 15.2. The monoisotopic (exact) mass is 1930 g/mol. The van der Waals surface area contributed by atoms with Crippen LogP contribution in [0.3, 0.4) is 0 Å². The van der Waals surface area contributed by atoms with E-state index in [4.69, 9.17) is 9.47 Å². The minimum atomic E-state index is -1.19. The van der Waals surface area contributed by atoms with Gasteiger partial charge in [0.25, 0.3) is 0 Å². The van der Waals surface area contributed by atoms with Gasteiger partial charge in [0.15, 0.2) is 0 Å². The van der Waals surface area contributed by atoms with E-state index in [0.29, 0.717) is 96.3 Å². The number of carbonyl (C=O) groups excluding carboxylic acids is 10. The lowest BCUT2D eigenvalue weighted by Crippen LogP contribution is -2.65. The number of rotatable bonds is 43. The van der Waals surface area contributed by atoms with Crippen molar-refractivity contribution in [2.75, 3.05) is 98.8 Å². The van der Waals surface area contributed by atoms with Gasteiger partial charge in [0, 0.05) is 131 Å². The van der Waals surface area contributed by atoms with Crippen LogP contribution in [0.1, 0.15) is 316 Å². The van der Waals surface area contributed by atoms with Crippen molar-refractivity contribution in [3.8, 4) is 0 Å². The Hall–Kier alpha value is -8.42. The number of benzene rings is 4. The number of nitrogens with zero attached hydrogens (tertiary/aromatic N) is 8. The van der Waals surface area contributed by atoms with Gasteiger partial charge < -0.3 is 60.1 Å². The molecule has 24 nitrogen and oxygen atoms in total. The number of amides is 9. The molecule has 9 amide bonds. The standard InChI is InChI=1S/C58H88N6O8.C58H88N6O4/c1-13-41(6)50(66)60-49(40(4)5)52(68)64-31-27-56(9)36-46(38-62(54(70)58(56,64)11)29-25-44-22-18-15-19-23-44)72-33-32-71-45-35-55(8)26-30-63(51(67)47(39(2)3)34-48(65)42(7)59-12)57(55,10)53(69)61(37-45)28-24-43-20-16-14-17-21-43;1-5-41(3)55(65)59-53(45-23-9-7-10-24-45)57(67)63-37-19-27-47(63)39-61(51-33-31-43-21-13-15-29-49(43)51)35-17-18-36-62(52-34-32-44-22-14-16-30-50(44)52)40-48-28-20-38-64(48)58(68)54(46-25-11-8-12-26-46)60-56(66)42(4)6-2/h14-23,39-42,45-47,49,59H,13,24-38H2,1-12H3,(H,60,66);13-16,21-22,29-30,41-42,45-48,51-54H,5-12,17-20,23-28,31-40H2,1-4H3,(H,59,65)(H,60,66)/t41-,42+,45-,46-,47+,49+,55+,56+,57-,58-;41-,42-,47+,48+,51?,52?,53+,54?/m11/s1. The van der Waals surface area contributed by atoms with Crippen LogP contribution in [0.5, 0.6) is 0 Å². The summed E-state index contributed by atoms with van der Waals surface area (Å²) >= 11 is 0. The number of likely N-dealkylation sites (N-methyl/N-ethyl adjacent to an activating group) is 1. The van der Waals surface area contributed by atoms with Crippen LogP contribution < -0.4 is 21.3 Å². The molecule has 2 saturated carbocycles. The topological polar surface area (TPSA) is 263 Å². The van der Waals surface area contributed by atoms with Crippen molar-refractivity contribution >= 4 is 58.9 Å². The number of ether oxygens (including phenoxy) is 2. The van der Waals surface area contributed by atoms with Gasteiger partial charge in [-0.2, -0.15) is 0 Å². The number of fused-ring (bicyclic) bond motifs is 4. The molecular weight excluding hydrogens is 1750 g/mol. The summed E-state index contributed by atoms with van der Waals surface area (Å²) in [6, 6.07) is 37.1. The molecule has 4 aromatic rings. The number of carbonyl (C=O) groups is 10. The lowest BCUT2D eigenvalue weighted by atomic mass is 9.68. The molecule has 3 unspecified atom stereocenters. The zero-order valence-electron chi connectivity index (χ0n) is 88.4. The predicted octanol–water partition coefficient (Wildman–Crippen LogP) is 16.7. The minimum Gasteiger partial charge on any atom is -0.374 e. The minimum absolute atomic E-state index is 0.0212.